The zero-order chi connectivity index (χ0) is 21.0. The molecular formula is C18H24N4O6S. The van der Waals surface area contributed by atoms with Crippen molar-refractivity contribution in [3.63, 3.8) is 0 Å². The van der Waals surface area contributed by atoms with Crippen LogP contribution < -0.4 is 11.0 Å². The van der Waals surface area contributed by atoms with Gasteiger partial charge < -0.3 is 30.5 Å². The average Bonchev–Trinajstić information content (AvgIpc) is 3.26. The van der Waals surface area contributed by atoms with Gasteiger partial charge in [-0.2, -0.15) is 0 Å². The van der Waals surface area contributed by atoms with Gasteiger partial charge in [0.1, 0.15) is 5.70 Å². The summed E-state index contributed by atoms with van der Waals surface area (Å²) in [5.74, 6) is -2.36. The van der Waals surface area contributed by atoms with Crippen LogP contribution in [0.2, 0.25) is 0 Å². The number of fused-ring (bicyclic) bond motifs is 1. The maximum atomic E-state index is 12.4. The largest absolute Gasteiger partial charge is 0.493 e. The van der Waals surface area contributed by atoms with Crippen LogP contribution in [0.25, 0.3) is 0 Å². The second-order valence-electron chi connectivity index (χ2n) is 7.96. The lowest BCUT2D eigenvalue weighted by molar-refractivity contribution is -0.163. The van der Waals surface area contributed by atoms with E-state index in [9.17, 15) is 29.7 Å². The van der Waals surface area contributed by atoms with E-state index in [0.29, 0.717) is 23.6 Å². The number of aromatic hydroxyl groups is 1. The summed E-state index contributed by atoms with van der Waals surface area (Å²) < 4.78 is 0. The lowest BCUT2D eigenvalue weighted by Crippen LogP contribution is -2.63. The van der Waals surface area contributed by atoms with Crippen molar-refractivity contribution >= 4 is 23.6 Å². The van der Waals surface area contributed by atoms with Crippen LogP contribution in [0, 0.1) is 11.8 Å². The number of amides is 1. The maximum absolute atomic E-state index is 12.4. The van der Waals surface area contributed by atoms with Gasteiger partial charge in [0.25, 0.3) is 0 Å². The number of carboxylic acid groups (broad SMARTS) is 1. The number of aliphatic hydroxyl groups is 1. The number of rotatable bonds is 6. The lowest BCUT2D eigenvalue weighted by atomic mass is 9.79. The van der Waals surface area contributed by atoms with E-state index in [0.717, 1.165) is 6.42 Å². The Hall–Kier alpha value is -2.24. The number of imidazole rings is 1. The average molecular weight is 424 g/mol. The molecule has 1 amide bonds. The van der Waals surface area contributed by atoms with E-state index < -0.39 is 23.7 Å². The quantitative estimate of drug-likeness (QED) is 0.336. The van der Waals surface area contributed by atoms with Crippen molar-refractivity contribution in [2.24, 2.45) is 11.8 Å². The number of hydrogen-bond donors (Lipinski definition) is 6. The van der Waals surface area contributed by atoms with E-state index in [1.54, 1.807) is 6.92 Å². The van der Waals surface area contributed by atoms with Crippen LogP contribution in [0.5, 0.6) is 5.88 Å². The van der Waals surface area contributed by atoms with Gasteiger partial charge in [0, 0.05) is 35.1 Å². The molecule has 0 aliphatic carbocycles. The van der Waals surface area contributed by atoms with E-state index in [2.05, 4.69) is 15.3 Å². The third-order valence-electron chi connectivity index (χ3n) is 6.02. The summed E-state index contributed by atoms with van der Waals surface area (Å²) in [4.78, 5) is 42.4. The van der Waals surface area contributed by atoms with Crippen molar-refractivity contribution in [3.8, 4) is 5.88 Å². The molecule has 6 N–H and O–H groups in total. The van der Waals surface area contributed by atoms with Crippen molar-refractivity contribution in [1.82, 2.24) is 20.2 Å². The van der Waals surface area contributed by atoms with E-state index >= 15 is 0 Å². The molecule has 1 aromatic rings. The van der Waals surface area contributed by atoms with Crippen LogP contribution in [0.3, 0.4) is 0 Å². The highest BCUT2D eigenvalue weighted by Crippen LogP contribution is 2.51. The van der Waals surface area contributed by atoms with Gasteiger partial charge in [-0.15, -0.1) is 11.8 Å². The molecule has 29 heavy (non-hydrogen) atoms. The molecule has 0 unspecified atom stereocenters. The van der Waals surface area contributed by atoms with Gasteiger partial charge in [0.05, 0.1) is 23.8 Å². The Morgan fingerprint density at radius 3 is 2.66 bits per heavy atom. The van der Waals surface area contributed by atoms with Crippen LogP contribution in [0.1, 0.15) is 26.0 Å². The normalized spacial score (nSPS) is 32.4. The second-order valence-corrected chi connectivity index (χ2v) is 9.31. The van der Waals surface area contributed by atoms with Crippen LogP contribution in [-0.4, -0.2) is 72.0 Å². The Morgan fingerprint density at radius 2 is 2.07 bits per heavy atom. The summed E-state index contributed by atoms with van der Waals surface area (Å²) in [5.41, 5.74) is 0.0112. The Morgan fingerprint density at radius 1 is 1.34 bits per heavy atom. The SMILES string of the molecule is C[C@@H](O)[C@H]1C(=O)N2C(C(=O)O)=C(S[C@@H]3CN[C@H](Cc4[nH]c(=O)[nH]c4O)C3)[C@H](C)[C@H]12. The molecule has 2 fully saturated rings. The predicted molar refractivity (Wildman–Crippen MR) is 104 cm³/mol. The minimum Gasteiger partial charge on any atom is -0.493 e. The number of carboxylic acids is 1. The van der Waals surface area contributed by atoms with Crippen molar-refractivity contribution < 1.29 is 24.9 Å². The van der Waals surface area contributed by atoms with Gasteiger partial charge in [-0.1, -0.05) is 6.92 Å². The Balaban J connectivity index is 1.47. The number of thioether (sulfide) groups is 1. The molecule has 0 spiro atoms. The Labute approximate surface area is 170 Å². The summed E-state index contributed by atoms with van der Waals surface area (Å²) in [7, 11) is 0. The number of carbonyl (C=O) groups excluding carboxylic acids is 1. The minimum atomic E-state index is -1.13. The van der Waals surface area contributed by atoms with Gasteiger partial charge in [0.15, 0.2) is 0 Å². The number of aromatic amines is 2. The van der Waals surface area contributed by atoms with Gasteiger partial charge in [-0.05, 0) is 13.3 Å². The first-order valence-corrected chi connectivity index (χ1v) is 10.5. The second kappa shape index (κ2) is 7.22. The van der Waals surface area contributed by atoms with Crippen LogP contribution in [0.15, 0.2) is 15.4 Å². The predicted octanol–water partition coefficient (Wildman–Crippen LogP) is -0.431. The summed E-state index contributed by atoms with van der Waals surface area (Å²) >= 11 is 1.46. The summed E-state index contributed by atoms with van der Waals surface area (Å²) in [6.45, 7) is 4.11. The van der Waals surface area contributed by atoms with Gasteiger partial charge in [-0.3, -0.25) is 9.78 Å². The first-order valence-electron chi connectivity index (χ1n) is 9.57. The summed E-state index contributed by atoms with van der Waals surface area (Å²) in [6.07, 6.45) is 0.345. The third kappa shape index (κ3) is 3.26. The highest BCUT2D eigenvalue weighted by molar-refractivity contribution is 8.03. The summed E-state index contributed by atoms with van der Waals surface area (Å²) in [5, 5.41) is 32.8. The number of β-lactam (4-membered cyclic amide) rings is 1. The number of H-pyrrole nitrogens is 2. The highest BCUT2D eigenvalue weighted by Gasteiger charge is 2.60. The van der Waals surface area contributed by atoms with E-state index in [4.69, 9.17) is 0 Å². The number of nitrogens with one attached hydrogen (secondary N) is 3. The topological polar surface area (TPSA) is 159 Å². The summed E-state index contributed by atoms with van der Waals surface area (Å²) in [6, 6.07) is -0.289. The number of aliphatic hydroxyl groups excluding tert-OH is 1. The van der Waals surface area contributed by atoms with Crippen molar-refractivity contribution in [2.75, 3.05) is 6.54 Å². The van der Waals surface area contributed by atoms with Crippen LogP contribution >= 0.6 is 11.8 Å². The van der Waals surface area contributed by atoms with E-state index in [1.165, 1.54) is 16.7 Å². The molecule has 0 saturated carbocycles. The van der Waals surface area contributed by atoms with Crippen LogP contribution in [0.4, 0.5) is 0 Å². The minimum absolute atomic E-state index is 0.0271. The number of aliphatic carboxylic acids is 1. The zero-order valence-electron chi connectivity index (χ0n) is 16.0. The van der Waals surface area contributed by atoms with Crippen LogP contribution in [-0.2, 0) is 16.0 Å². The fourth-order valence-electron chi connectivity index (χ4n) is 4.69. The molecule has 6 atom stereocenters. The Kier molecular flexibility index (Phi) is 4.99. The zero-order valence-corrected chi connectivity index (χ0v) is 16.8. The fraction of sp³-hybridized carbons (Fsp3) is 0.611. The fourth-order valence-corrected chi connectivity index (χ4v) is 6.21. The lowest BCUT2D eigenvalue weighted by Gasteiger charge is -2.46. The molecule has 0 aromatic carbocycles. The van der Waals surface area contributed by atoms with E-state index in [-0.39, 0.29) is 40.7 Å². The molecular weight excluding hydrogens is 400 g/mol. The maximum Gasteiger partial charge on any atom is 0.353 e. The molecule has 0 radical (unpaired) electrons. The van der Waals surface area contributed by atoms with Crippen molar-refractivity contribution in [1.29, 1.82) is 0 Å². The van der Waals surface area contributed by atoms with Gasteiger partial charge in [-0.25, -0.2) is 9.59 Å². The molecule has 0 bridgehead atoms. The Bertz CT molecular complexity index is 937. The molecule has 4 heterocycles. The van der Waals surface area contributed by atoms with Gasteiger partial charge in [0.2, 0.25) is 11.8 Å². The molecule has 10 nitrogen and oxygen atoms in total. The highest BCUT2D eigenvalue weighted by atomic mass is 32.2. The molecule has 2 saturated heterocycles. The van der Waals surface area contributed by atoms with Gasteiger partial charge >= 0.3 is 11.7 Å². The first-order chi connectivity index (χ1) is 13.7. The number of carbonyl (C=O) groups is 2. The molecule has 158 valence electrons. The first kappa shape index (κ1) is 20.0. The number of nitrogens with zero attached hydrogens (tertiary/aromatic N) is 1. The van der Waals surface area contributed by atoms with Crippen molar-refractivity contribution in [3.05, 3.63) is 26.8 Å². The standard InChI is InChI=1S/C18H24N4O6S/c1-6-12-11(7(2)23)16(25)22(12)13(17(26)27)14(6)29-9-3-8(19-5-9)4-10-15(24)21-18(28)20-10/h6-9,11-12,19,23-24H,3-5H2,1-2H3,(H,26,27)(H2,20,21,28)/t6-,7-,8+,9+,11-,12-/m1/s1. The molecule has 3 aliphatic heterocycles. The molecule has 4 rings (SSSR count). The van der Waals surface area contributed by atoms with E-state index in [1.807, 2.05) is 6.92 Å². The molecule has 11 heteroatoms. The monoisotopic (exact) mass is 424 g/mol. The number of hydrogen-bond acceptors (Lipinski definition) is 7. The molecule has 1 aromatic heterocycles. The third-order valence-corrected chi connectivity index (χ3v) is 7.53. The molecule has 3 aliphatic rings. The smallest absolute Gasteiger partial charge is 0.353 e. The van der Waals surface area contributed by atoms with Crippen molar-refractivity contribution in [2.45, 2.75) is 50.1 Å². The number of aromatic nitrogens is 2.